The topological polar surface area (TPSA) is 68.1 Å². The van der Waals surface area contributed by atoms with Crippen LogP contribution >= 0.6 is 11.6 Å². The highest BCUT2D eigenvalue weighted by Gasteiger charge is 2.20. The summed E-state index contributed by atoms with van der Waals surface area (Å²) in [5, 5.41) is 4.45. The van der Waals surface area contributed by atoms with Crippen LogP contribution in [0, 0.1) is 0 Å². The Bertz CT molecular complexity index is 669. The van der Waals surface area contributed by atoms with E-state index in [9.17, 15) is 9.59 Å². The first-order valence-corrected chi connectivity index (χ1v) is 7.36. The summed E-state index contributed by atoms with van der Waals surface area (Å²) in [6, 6.07) is 3.63. The standard InChI is InChI=1S/C15H17ClN4O2/c1-3-19(14(22)7-6-11(2)21)13-10-20(18-15(13)16)12-5-4-8-17-9-12/h4-5,8-10H,3,6-7H2,1-2H3. The Kier molecular flexibility index (Phi) is 5.27. The minimum Gasteiger partial charge on any atom is -0.308 e. The molecular formula is C15H17ClN4O2. The number of anilines is 1. The lowest BCUT2D eigenvalue weighted by molar-refractivity contribution is -0.123. The number of hydrogen-bond donors (Lipinski definition) is 0. The fourth-order valence-electron chi connectivity index (χ4n) is 2.05. The maximum absolute atomic E-state index is 12.2. The molecule has 0 bridgehead atoms. The summed E-state index contributed by atoms with van der Waals surface area (Å²) in [7, 11) is 0. The largest absolute Gasteiger partial charge is 0.308 e. The molecule has 1 amide bonds. The van der Waals surface area contributed by atoms with Crippen molar-refractivity contribution in [3.05, 3.63) is 35.9 Å². The van der Waals surface area contributed by atoms with Gasteiger partial charge in [-0.2, -0.15) is 5.10 Å². The van der Waals surface area contributed by atoms with Gasteiger partial charge in [0.15, 0.2) is 5.15 Å². The van der Waals surface area contributed by atoms with Crippen molar-refractivity contribution in [2.75, 3.05) is 11.4 Å². The van der Waals surface area contributed by atoms with Crippen LogP contribution < -0.4 is 4.90 Å². The molecule has 2 aromatic rings. The van der Waals surface area contributed by atoms with Crippen LogP contribution in [-0.2, 0) is 9.59 Å². The number of halogens is 1. The molecule has 2 heterocycles. The van der Waals surface area contributed by atoms with Crippen molar-refractivity contribution < 1.29 is 9.59 Å². The van der Waals surface area contributed by atoms with Crippen molar-refractivity contribution >= 4 is 29.0 Å². The van der Waals surface area contributed by atoms with Crippen LogP contribution in [0.25, 0.3) is 5.69 Å². The molecule has 6 nitrogen and oxygen atoms in total. The van der Waals surface area contributed by atoms with Gasteiger partial charge in [-0.1, -0.05) is 11.6 Å². The van der Waals surface area contributed by atoms with Gasteiger partial charge < -0.3 is 9.69 Å². The summed E-state index contributed by atoms with van der Waals surface area (Å²) < 4.78 is 1.57. The lowest BCUT2D eigenvalue weighted by atomic mass is 10.2. The Hall–Kier alpha value is -2.21. The van der Waals surface area contributed by atoms with Gasteiger partial charge in [0.25, 0.3) is 0 Å². The van der Waals surface area contributed by atoms with Crippen molar-refractivity contribution in [1.82, 2.24) is 14.8 Å². The predicted octanol–water partition coefficient (Wildman–Crippen LogP) is 2.64. The highest BCUT2D eigenvalue weighted by Crippen LogP contribution is 2.26. The van der Waals surface area contributed by atoms with Crippen LogP contribution in [0.5, 0.6) is 0 Å². The van der Waals surface area contributed by atoms with Crippen LogP contribution in [0.2, 0.25) is 5.15 Å². The first-order valence-electron chi connectivity index (χ1n) is 6.98. The molecule has 0 fully saturated rings. The predicted molar refractivity (Wildman–Crippen MR) is 84.3 cm³/mol. The van der Waals surface area contributed by atoms with Crippen LogP contribution in [0.3, 0.4) is 0 Å². The molecule has 2 rings (SSSR count). The highest BCUT2D eigenvalue weighted by molar-refractivity contribution is 6.32. The zero-order valence-corrected chi connectivity index (χ0v) is 13.2. The van der Waals surface area contributed by atoms with Crippen LogP contribution in [0.1, 0.15) is 26.7 Å². The summed E-state index contributed by atoms with van der Waals surface area (Å²) in [5.41, 5.74) is 1.28. The number of aromatic nitrogens is 3. The van der Waals surface area contributed by atoms with Gasteiger partial charge in [0.05, 0.1) is 18.1 Å². The first kappa shape index (κ1) is 16.2. The zero-order valence-electron chi connectivity index (χ0n) is 12.5. The molecule has 7 heteroatoms. The fraction of sp³-hybridized carbons (Fsp3) is 0.333. The van der Waals surface area contributed by atoms with E-state index in [1.807, 2.05) is 13.0 Å². The average Bonchev–Trinajstić information content (AvgIpc) is 2.89. The summed E-state index contributed by atoms with van der Waals surface area (Å²) in [6.07, 6.45) is 5.40. The average molecular weight is 321 g/mol. The Balaban J connectivity index is 2.25. The van der Waals surface area contributed by atoms with Gasteiger partial charge in [-0.3, -0.25) is 9.78 Å². The minimum absolute atomic E-state index is 0.0124. The van der Waals surface area contributed by atoms with Gasteiger partial charge in [-0.15, -0.1) is 0 Å². The SMILES string of the molecule is CCN(C(=O)CCC(C)=O)c1cn(-c2cccnc2)nc1Cl. The third-order valence-corrected chi connectivity index (χ3v) is 3.43. The molecule has 2 aromatic heterocycles. The maximum atomic E-state index is 12.2. The first-order chi connectivity index (χ1) is 10.5. The van der Waals surface area contributed by atoms with Crippen LogP contribution in [0.15, 0.2) is 30.7 Å². The fourth-order valence-corrected chi connectivity index (χ4v) is 2.28. The molecule has 0 atom stereocenters. The van der Waals surface area contributed by atoms with E-state index in [2.05, 4.69) is 10.1 Å². The molecule has 116 valence electrons. The second kappa shape index (κ2) is 7.17. The van der Waals surface area contributed by atoms with E-state index >= 15 is 0 Å². The van der Waals surface area contributed by atoms with Gasteiger partial charge in [0, 0.05) is 25.6 Å². The maximum Gasteiger partial charge on any atom is 0.227 e. The Morgan fingerprint density at radius 1 is 1.36 bits per heavy atom. The summed E-state index contributed by atoms with van der Waals surface area (Å²) in [5.74, 6) is -0.160. The molecule has 0 spiro atoms. The quantitative estimate of drug-likeness (QED) is 0.820. The molecule has 0 aliphatic heterocycles. The highest BCUT2D eigenvalue weighted by atomic mass is 35.5. The van der Waals surface area contributed by atoms with E-state index in [1.54, 1.807) is 29.3 Å². The van der Waals surface area contributed by atoms with Gasteiger partial charge in [-0.05, 0) is 26.0 Å². The Labute approximate surface area is 133 Å². The summed E-state index contributed by atoms with van der Waals surface area (Å²) in [6.45, 7) is 3.77. The molecule has 0 N–H and O–H groups in total. The van der Waals surface area contributed by atoms with Gasteiger partial charge >= 0.3 is 0 Å². The third kappa shape index (κ3) is 3.71. The summed E-state index contributed by atoms with van der Waals surface area (Å²) >= 11 is 6.16. The smallest absolute Gasteiger partial charge is 0.227 e. The van der Waals surface area contributed by atoms with E-state index in [1.165, 1.54) is 11.8 Å². The van der Waals surface area contributed by atoms with Crippen molar-refractivity contribution in [3.8, 4) is 5.69 Å². The Morgan fingerprint density at radius 3 is 2.73 bits per heavy atom. The lowest BCUT2D eigenvalue weighted by Crippen LogP contribution is -2.30. The second-order valence-corrected chi connectivity index (χ2v) is 5.16. The number of nitrogens with zero attached hydrogens (tertiary/aromatic N) is 4. The van der Waals surface area contributed by atoms with Crippen LogP contribution in [0.4, 0.5) is 5.69 Å². The normalized spacial score (nSPS) is 10.5. The molecule has 0 aromatic carbocycles. The van der Waals surface area contributed by atoms with Crippen molar-refractivity contribution in [2.45, 2.75) is 26.7 Å². The molecule has 0 saturated heterocycles. The van der Waals surface area contributed by atoms with E-state index in [4.69, 9.17) is 11.6 Å². The monoisotopic (exact) mass is 320 g/mol. The van der Waals surface area contributed by atoms with E-state index in [-0.39, 0.29) is 29.7 Å². The molecule has 0 unspecified atom stereocenters. The number of amides is 1. The molecule has 0 aliphatic carbocycles. The number of hydrogen-bond acceptors (Lipinski definition) is 4. The van der Waals surface area contributed by atoms with E-state index in [0.717, 1.165) is 5.69 Å². The van der Waals surface area contributed by atoms with Crippen molar-refractivity contribution in [3.63, 3.8) is 0 Å². The number of Topliss-reactive ketones (excluding diaryl/α,β-unsaturated/α-hetero) is 1. The zero-order chi connectivity index (χ0) is 16.1. The minimum atomic E-state index is -0.148. The molecule has 0 radical (unpaired) electrons. The number of rotatable bonds is 6. The number of carbonyl (C=O) groups is 2. The molecular weight excluding hydrogens is 304 g/mol. The van der Waals surface area contributed by atoms with Crippen molar-refractivity contribution in [2.24, 2.45) is 0 Å². The van der Waals surface area contributed by atoms with E-state index < -0.39 is 0 Å². The second-order valence-electron chi connectivity index (χ2n) is 4.80. The lowest BCUT2D eigenvalue weighted by Gasteiger charge is -2.19. The van der Waals surface area contributed by atoms with Crippen LogP contribution in [-0.4, -0.2) is 33.0 Å². The Morgan fingerprint density at radius 2 is 2.14 bits per heavy atom. The molecule has 0 aliphatic rings. The van der Waals surface area contributed by atoms with Gasteiger partial charge in [-0.25, -0.2) is 4.68 Å². The van der Waals surface area contributed by atoms with Gasteiger partial charge in [0.1, 0.15) is 11.5 Å². The third-order valence-electron chi connectivity index (χ3n) is 3.16. The van der Waals surface area contributed by atoms with Crippen molar-refractivity contribution in [1.29, 1.82) is 0 Å². The summed E-state index contributed by atoms with van der Waals surface area (Å²) in [4.78, 5) is 28.8. The number of carbonyl (C=O) groups excluding carboxylic acids is 2. The number of ketones is 1. The molecule has 0 saturated carbocycles. The number of pyridine rings is 1. The van der Waals surface area contributed by atoms with Gasteiger partial charge in [0.2, 0.25) is 5.91 Å². The molecule has 22 heavy (non-hydrogen) atoms. The van der Waals surface area contributed by atoms with E-state index in [0.29, 0.717) is 12.2 Å².